The minimum Gasteiger partial charge on any atom is -0.472 e. The zero-order valence-corrected chi connectivity index (χ0v) is 16.7. The third-order valence-corrected chi connectivity index (χ3v) is 4.93. The van der Waals surface area contributed by atoms with Gasteiger partial charge in [0.25, 0.3) is 5.91 Å². The van der Waals surface area contributed by atoms with Gasteiger partial charge in [-0.2, -0.15) is 0 Å². The Bertz CT molecular complexity index is 1010. The molecule has 2 aromatic carbocycles. The first-order chi connectivity index (χ1) is 13.6. The van der Waals surface area contributed by atoms with Gasteiger partial charge < -0.3 is 14.6 Å². The third-order valence-electron chi connectivity index (χ3n) is 4.93. The molecule has 1 amide bonds. The molecule has 1 aliphatic heterocycles. The van der Waals surface area contributed by atoms with E-state index in [-0.39, 0.29) is 30.2 Å². The summed E-state index contributed by atoms with van der Waals surface area (Å²) in [7, 11) is 1.90. The van der Waals surface area contributed by atoms with Crippen LogP contribution in [0.3, 0.4) is 0 Å². The first-order valence-corrected chi connectivity index (χ1v) is 9.06. The highest BCUT2D eigenvalue weighted by atomic mass is 35.5. The lowest BCUT2D eigenvalue weighted by atomic mass is 10.00. The molecule has 0 bridgehead atoms. The lowest BCUT2D eigenvalue weighted by Gasteiger charge is -2.28. The Morgan fingerprint density at radius 1 is 1.24 bits per heavy atom. The SMILES string of the molecule is CN1c2cc(F)ccc2C(c2ccccc2)=NCC1CNC(=O)c1ccoc1.Cl. The molecule has 0 aliphatic carbocycles. The number of rotatable bonds is 4. The third kappa shape index (κ3) is 4.32. The van der Waals surface area contributed by atoms with Crippen LogP contribution in [0.4, 0.5) is 10.1 Å². The molecule has 2 heterocycles. The summed E-state index contributed by atoms with van der Waals surface area (Å²) in [5.41, 5.74) is 3.90. The molecule has 0 radical (unpaired) electrons. The van der Waals surface area contributed by atoms with Gasteiger partial charge in [-0.15, -0.1) is 12.4 Å². The van der Waals surface area contributed by atoms with Crippen LogP contribution < -0.4 is 10.2 Å². The molecule has 1 aromatic heterocycles. The van der Waals surface area contributed by atoms with Gasteiger partial charge in [0.1, 0.15) is 12.1 Å². The van der Waals surface area contributed by atoms with Crippen molar-refractivity contribution in [2.75, 3.05) is 25.0 Å². The topological polar surface area (TPSA) is 57.8 Å². The van der Waals surface area contributed by atoms with E-state index in [1.807, 2.05) is 42.3 Å². The second kappa shape index (κ2) is 8.92. The summed E-state index contributed by atoms with van der Waals surface area (Å²) < 4.78 is 19.0. The van der Waals surface area contributed by atoms with Crippen molar-refractivity contribution in [3.63, 3.8) is 0 Å². The molecule has 5 nitrogen and oxygen atoms in total. The number of carbonyl (C=O) groups excluding carboxylic acids is 1. The molecule has 0 spiro atoms. The van der Waals surface area contributed by atoms with Gasteiger partial charge in [0.15, 0.2) is 0 Å². The summed E-state index contributed by atoms with van der Waals surface area (Å²) in [4.78, 5) is 19.0. The van der Waals surface area contributed by atoms with Gasteiger partial charge in [0, 0.05) is 30.4 Å². The van der Waals surface area contributed by atoms with Gasteiger partial charge in [-0.3, -0.25) is 9.79 Å². The largest absolute Gasteiger partial charge is 0.472 e. The summed E-state index contributed by atoms with van der Waals surface area (Å²) >= 11 is 0. The van der Waals surface area contributed by atoms with Crippen LogP contribution in [0.25, 0.3) is 0 Å². The monoisotopic (exact) mass is 413 g/mol. The second-order valence-electron chi connectivity index (χ2n) is 6.70. The smallest absolute Gasteiger partial charge is 0.254 e. The Kier molecular flexibility index (Phi) is 6.34. The number of hydrogen-bond acceptors (Lipinski definition) is 4. The van der Waals surface area contributed by atoms with Crippen LogP contribution in [-0.4, -0.2) is 37.8 Å². The molecule has 3 aromatic rings. The molecule has 0 saturated carbocycles. The van der Waals surface area contributed by atoms with Crippen LogP contribution in [0.15, 0.2) is 76.5 Å². The van der Waals surface area contributed by atoms with E-state index in [0.717, 1.165) is 22.5 Å². The van der Waals surface area contributed by atoms with E-state index < -0.39 is 0 Å². The van der Waals surface area contributed by atoms with Crippen LogP contribution in [0, 0.1) is 5.82 Å². The Hall–Kier alpha value is -3.12. The maximum atomic E-state index is 14.0. The number of likely N-dealkylation sites (N-methyl/N-ethyl adjacent to an activating group) is 1. The number of nitrogens with zero attached hydrogens (tertiary/aromatic N) is 2. The van der Waals surface area contributed by atoms with Gasteiger partial charge in [-0.25, -0.2) is 4.39 Å². The zero-order chi connectivity index (χ0) is 19.5. The Morgan fingerprint density at radius 3 is 2.76 bits per heavy atom. The maximum absolute atomic E-state index is 14.0. The number of benzodiazepines with no additional fused rings is 1. The molecule has 150 valence electrons. The number of carbonyl (C=O) groups is 1. The van der Waals surface area contributed by atoms with E-state index in [1.165, 1.54) is 24.7 Å². The number of anilines is 1. The summed E-state index contributed by atoms with van der Waals surface area (Å²) in [6.45, 7) is 0.852. The van der Waals surface area contributed by atoms with Gasteiger partial charge in [0.05, 0.1) is 30.1 Å². The molecule has 7 heteroatoms. The van der Waals surface area contributed by atoms with Crippen molar-refractivity contribution >= 4 is 29.7 Å². The van der Waals surface area contributed by atoms with Gasteiger partial charge >= 0.3 is 0 Å². The zero-order valence-electron chi connectivity index (χ0n) is 15.8. The molecule has 0 fully saturated rings. The number of aliphatic imine (C=N–C) groups is 1. The van der Waals surface area contributed by atoms with Crippen molar-refractivity contribution in [3.8, 4) is 0 Å². The predicted octanol–water partition coefficient (Wildman–Crippen LogP) is 3.93. The first-order valence-electron chi connectivity index (χ1n) is 9.06. The molecular weight excluding hydrogens is 393 g/mol. The maximum Gasteiger partial charge on any atom is 0.254 e. The van der Waals surface area contributed by atoms with Crippen LogP contribution in [0.5, 0.6) is 0 Å². The Balaban J connectivity index is 0.00000240. The van der Waals surface area contributed by atoms with Crippen molar-refractivity contribution in [3.05, 3.63) is 89.6 Å². The number of fused-ring (bicyclic) bond motifs is 1. The molecule has 1 unspecified atom stereocenters. The van der Waals surface area contributed by atoms with Gasteiger partial charge in [-0.05, 0) is 24.3 Å². The summed E-state index contributed by atoms with van der Waals surface area (Å²) in [5.74, 6) is -0.515. The van der Waals surface area contributed by atoms with E-state index in [2.05, 4.69) is 5.32 Å². The molecule has 4 rings (SSSR count). The number of halogens is 2. The van der Waals surface area contributed by atoms with Crippen LogP contribution >= 0.6 is 12.4 Å². The Morgan fingerprint density at radius 2 is 2.03 bits per heavy atom. The molecule has 1 N–H and O–H groups in total. The number of hydrogen-bond donors (Lipinski definition) is 1. The average molecular weight is 414 g/mol. The number of furan rings is 1. The van der Waals surface area contributed by atoms with E-state index in [9.17, 15) is 9.18 Å². The van der Waals surface area contributed by atoms with Crippen molar-refractivity contribution in [1.82, 2.24) is 5.32 Å². The van der Waals surface area contributed by atoms with Crippen molar-refractivity contribution in [2.24, 2.45) is 4.99 Å². The minimum absolute atomic E-state index is 0. The molecular formula is C22H21ClFN3O2. The van der Waals surface area contributed by atoms with E-state index in [1.54, 1.807) is 12.1 Å². The highest BCUT2D eigenvalue weighted by Gasteiger charge is 2.25. The highest BCUT2D eigenvalue weighted by molar-refractivity contribution is 6.16. The first kappa shape index (κ1) is 20.6. The predicted molar refractivity (Wildman–Crippen MR) is 114 cm³/mol. The van der Waals surface area contributed by atoms with Crippen LogP contribution in [-0.2, 0) is 0 Å². The fraction of sp³-hybridized carbons (Fsp3) is 0.182. The summed E-state index contributed by atoms with van der Waals surface area (Å²) in [6.07, 6.45) is 2.87. The highest BCUT2D eigenvalue weighted by Crippen LogP contribution is 2.28. The number of benzene rings is 2. The van der Waals surface area contributed by atoms with Gasteiger partial charge in [-0.1, -0.05) is 30.3 Å². The molecule has 0 saturated heterocycles. The fourth-order valence-corrected chi connectivity index (χ4v) is 3.35. The number of nitrogens with one attached hydrogen (secondary N) is 1. The summed E-state index contributed by atoms with van der Waals surface area (Å²) in [5, 5.41) is 2.91. The van der Waals surface area contributed by atoms with Crippen molar-refractivity contribution in [2.45, 2.75) is 6.04 Å². The molecule has 29 heavy (non-hydrogen) atoms. The van der Waals surface area contributed by atoms with E-state index in [0.29, 0.717) is 18.7 Å². The lowest BCUT2D eigenvalue weighted by molar-refractivity contribution is 0.0951. The van der Waals surface area contributed by atoms with Crippen molar-refractivity contribution < 1.29 is 13.6 Å². The minimum atomic E-state index is -0.305. The summed E-state index contributed by atoms with van der Waals surface area (Å²) in [6, 6.07) is 16.1. The lowest BCUT2D eigenvalue weighted by Crippen LogP contribution is -2.43. The number of amides is 1. The van der Waals surface area contributed by atoms with E-state index >= 15 is 0 Å². The molecule has 1 aliphatic rings. The van der Waals surface area contributed by atoms with Crippen LogP contribution in [0.1, 0.15) is 21.5 Å². The van der Waals surface area contributed by atoms with Crippen molar-refractivity contribution in [1.29, 1.82) is 0 Å². The fourth-order valence-electron chi connectivity index (χ4n) is 3.35. The second-order valence-corrected chi connectivity index (χ2v) is 6.70. The molecule has 1 atom stereocenters. The standard InChI is InChI=1S/C22H20FN3O2.ClH/c1-26-18(13-25-22(27)16-9-10-28-14-16)12-24-21(15-5-3-2-4-6-15)19-8-7-17(23)11-20(19)26;/h2-11,14,18H,12-13H2,1H3,(H,25,27);1H. The van der Waals surface area contributed by atoms with E-state index in [4.69, 9.17) is 9.41 Å². The average Bonchev–Trinajstić information content (AvgIpc) is 3.22. The normalized spacial score (nSPS) is 15.6. The Labute approximate surface area is 174 Å². The van der Waals surface area contributed by atoms with Crippen LogP contribution in [0.2, 0.25) is 0 Å². The van der Waals surface area contributed by atoms with Gasteiger partial charge in [0.2, 0.25) is 0 Å². The quantitative estimate of drug-likeness (QED) is 0.705.